The third-order valence-electron chi connectivity index (χ3n) is 3.02. The van der Waals surface area contributed by atoms with Crippen LogP contribution in [0.1, 0.15) is 10.4 Å². The van der Waals surface area contributed by atoms with Crippen LogP contribution in [0, 0.1) is 0 Å². The quantitative estimate of drug-likeness (QED) is 0.572. The Morgan fingerprint density at radius 3 is 2.24 bits per heavy atom. The molecule has 0 spiro atoms. The van der Waals surface area contributed by atoms with Gasteiger partial charge < -0.3 is 14.8 Å². The van der Waals surface area contributed by atoms with Crippen LogP contribution in [0.15, 0.2) is 53.4 Å². The zero-order chi connectivity index (χ0) is 18.3. The second-order valence-corrected chi connectivity index (χ2v) is 6.03. The molecule has 0 unspecified atom stereocenters. The Kier molecular flexibility index (Phi) is 6.72. The molecule has 0 saturated carbocycles. The molecule has 4 nitrogen and oxygen atoms in total. The van der Waals surface area contributed by atoms with E-state index in [1.807, 2.05) is 0 Å². The van der Waals surface area contributed by atoms with E-state index in [9.17, 15) is 18.0 Å². The molecule has 0 atom stereocenters. The van der Waals surface area contributed by atoms with Gasteiger partial charge in [-0.05, 0) is 60.3 Å². The van der Waals surface area contributed by atoms with E-state index in [4.69, 9.17) is 9.47 Å². The van der Waals surface area contributed by atoms with Crippen molar-refractivity contribution < 1.29 is 27.4 Å². The number of amides is 1. The molecule has 0 aliphatic heterocycles. The van der Waals surface area contributed by atoms with Crippen molar-refractivity contribution in [3.8, 4) is 5.75 Å². The maximum absolute atomic E-state index is 12.3. The molecule has 25 heavy (non-hydrogen) atoms. The molecule has 0 bridgehead atoms. The van der Waals surface area contributed by atoms with Crippen LogP contribution < -0.4 is 10.1 Å². The predicted molar refractivity (Wildman–Crippen MR) is 90.1 cm³/mol. The summed E-state index contributed by atoms with van der Waals surface area (Å²) in [6.07, 6.45) is 0. The minimum absolute atomic E-state index is 0.0293. The van der Waals surface area contributed by atoms with Crippen molar-refractivity contribution in [2.75, 3.05) is 25.6 Å². The molecular weight excluding hydrogens is 355 g/mol. The lowest BCUT2D eigenvalue weighted by atomic mass is 10.2. The smallest absolute Gasteiger partial charge is 0.446 e. The first-order chi connectivity index (χ1) is 11.9. The second-order valence-electron chi connectivity index (χ2n) is 4.89. The largest absolute Gasteiger partial charge is 0.491 e. The molecule has 1 amide bonds. The van der Waals surface area contributed by atoms with Gasteiger partial charge in [0.1, 0.15) is 12.4 Å². The topological polar surface area (TPSA) is 47.6 Å². The van der Waals surface area contributed by atoms with Crippen molar-refractivity contribution in [1.29, 1.82) is 0 Å². The van der Waals surface area contributed by atoms with Gasteiger partial charge in [0.25, 0.3) is 5.91 Å². The summed E-state index contributed by atoms with van der Waals surface area (Å²) in [4.78, 5) is 12.1. The summed E-state index contributed by atoms with van der Waals surface area (Å²) in [5, 5.41) is 2.67. The van der Waals surface area contributed by atoms with Crippen molar-refractivity contribution in [3.63, 3.8) is 0 Å². The predicted octanol–water partition coefficient (Wildman–Crippen LogP) is 4.58. The summed E-state index contributed by atoms with van der Waals surface area (Å²) in [6, 6.07) is 12.0. The molecule has 0 aliphatic carbocycles. The normalized spacial score (nSPS) is 11.2. The molecule has 8 heteroatoms. The highest BCUT2D eigenvalue weighted by molar-refractivity contribution is 8.00. The summed E-state index contributed by atoms with van der Waals surface area (Å²) < 4.78 is 47.1. The number of halogens is 3. The Morgan fingerprint density at radius 2 is 1.68 bits per heavy atom. The zero-order valence-electron chi connectivity index (χ0n) is 13.3. The lowest BCUT2D eigenvalue weighted by molar-refractivity contribution is -0.0328. The van der Waals surface area contributed by atoms with Crippen molar-refractivity contribution in [1.82, 2.24) is 0 Å². The van der Waals surface area contributed by atoms with Crippen LogP contribution in [0.3, 0.4) is 0 Å². The number of carbonyl (C=O) groups is 1. The average Bonchev–Trinajstić information content (AvgIpc) is 2.56. The Bertz CT molecular complexity index is 688. The first-order valence-electron chi connectivity index (χ1n) is 7.26. The third kappa shape index (κ3) is 6.67. The molecule has 0 saturated heterocycles. The van der Waals surface area contributed by atoms with Crippen LogP contribution in [-0.4, -0.2) is 31.7 Å². The summed E-state index contributed by atoms with van der Waals surface area (Å²) in [5.41, 5.74) is -3.53. The molecule has 0 fully saturated rings. The van der Waals surface area contributed by atoms with Gasteiger partial charge in [0, 0.05) is 23.3 Å². The van der Waals surface area contributed by atoms with Crippen molar-refractivity contribution in [2.45, 2.75) is 10.4 Å². The van der Waals surface area contributed by atoms with Gasteiger partial charge in [-0.25, -0.2) is 0 Å². The SMILES string of the molecule is COCCOc1ccc(NC(=O)c2ccc(SC(F)(F)F)cc2)cc1. The Labute approximate surface area is 147 Å². The molecule has 2 rings (SSSR count). The summed E-state index contributed by atoms with van der Waals surface area (Å²) in [6.45, 7) is 0.894. The van der Waals surface area contributed by atoms with Gasteiger partial charge in [0.2, 0.25) is 0 Å². The molecule has 2 aromatic carbocycles. The van der Waals surface area contributed by atoms with E-state index in [0.29, 0.717) is 24.7 Å². The summed E-state index contributed by atoms with van der Waals surface area (Å²) in [5.74, 6) is 0.236. The van der Waals surface area contributed by atoms with Gasteiger partial charge in [-0.3, -0.25) is 4.79 Å². The van der Waals surface area contributed by atoms with E-state index in [2.05, 4.69) is 5.32 Å². The number of thioether (sulfide) groups is 1. The number of anilines is 1. The Hall–Kier alpha value is -2.19. The first kappa shape index (κ1) is 19.1. The standard InChI is InChI=1S/C17H16F3NO3S/c1-23-10-11-24-14-6-4-13(5-7-14)21-16(22)12-2-8-15(9-3-12)25-17(18,19)20/h2-9H,10-11H2,1H3,(H,21,22). The number of carbonyl (C=O) groups excluding carboxylic acids is 1. The van der Waals surface area contributed by atoms with Crippen LogP contribution in [0.4, 0.5) is 18.9 Å². The zero-order valence-corrected chi connectivity index (χ0v) is 14.1. The Balaban J connectivity index is 1.92. The van der Waals surface area contributed by atoms with E-state index in [1.165, 1.54) is 24.3 Å². The number of rotatable bonds is 7. The maximum Gasteiger partial charge on any atom is 0.446 e. The van der Waals surface area contributed by atoms with Gasteiger partial charge in [0.15, 0.2) is 0 Å². The van der Waals surface area contributed by atoms with Crippen LogP contribution in [-0.2, 0) is 4.74 Å². The van der Waals surface area contributed by atoms with E-state index >= 15 is 0 Å². The minimum Gasteiger partial charge on any atom is -0.491 e. The van der Waals surface area contributed by atoms with Crippen molar-refractivity contribution in [2.24, 2.45) is 0 Å². The van der Waals surface area contributed by atoms with E-state index in [1.54, 1.807) is 31.4 Å². The molecule has 1 N–H and O–H groups in total. The molecule has 0 radical (unpaired) electrons. The molecule has 0 aromatic heterocycles. The highest BCUT2D eigenvalue weighted by atomic mass is 32.2. The summed E-state index contributed by atoms with van der Waals surface area (Å²) in [7, 11) is 1.58. The number of alkyl halides is 3. The molecule has 0 aliphatic rings. The molecule has 2 aromatic rings. The third-order valence-corrected chi connectivity index (χ3v) is 3.76. The lowest BCUT2D eigenvalue weighted by Gasteiger charge is -2.09. The fourth-order valence-electron chi connectivity index (χ4n) is 1.89. The number of nitrogens with one attached hydrogen (secondary N) is 1. The molecule has 134 valence electrons. The molecule has 0 heterocycles. The number of ether oxygens (including phenoxy) is 2. The fraction of sp³-hybridized carbons (Fsp3) is 0.235. The number of methoxy groups -OCH3 is 1. The van der Waals surface area contributed by atoms with Crippen LogP contribution in [0.25, 0.3) is 0 Å². The minimum atomic E-state index is -4.35. The van der Waals surface area contributed by atoms with Crippen molar-refractivity contribution in [3.05, 3.63) is 54.1 Å². The van der Waals surface area contributed by atoms with Crippen LogP contribution in [0.5, 0.6) is 5.75 Å². The Morgan fingerprint density at radius 1 is 1.04 bits per heavy atom. The van der Waals surface area contributed by atoms with Gasteiger partial charge in [-0.1, -0.05) is 0 Å². The highest BCUT2D eigenvalue weighted by Gasteiger charge is 2.29. The first-order valence-corrected chi connectivity index (χ1v) is 8.08. The summed E-state index contributed by atoms with van der Waals surface area (Å²) >= 11 is -0.220. The van der Waals surface area contributed by atoms with E-state index in [-0.39, 0.29) is 22.2 Å². The number of hydrogen-bond donors (Lipinski definition) is 1. The lowest BCUT2D eigenvalue weighted by Crippen LogP contribution is -2.11. The fourth-order valence-corrected chi connectivity index (χ4v) is 2.43. The highest BCUT2D eigenvalue weighted by Crippen LogP contribution is 2.36. The van der Waals surface area contributed by atoms with Gasteiger partial charge in [-0.15, -0.1) is 0 Å². The number of hydrogen-bond acceptors (Lipinski definition) is 4. The number of benzene rings is 2. The van der Waals surface area contributed by atoms with Gasteiger partial charge in [0.05, 0.1) is 6.61 Å². The van der Waals surface area contributed by atoms with Crippen LogP contribution in [0.2, 0.25) is 0 Å². The maximum atomic E-state index is 12.3. The van der Waals surface area contributed by atoms with Gasteiger partial charge >= 0.3 is 5.51 Å². The van der Waals surface area contributed by atoms with E-state index in [0.717, 1.165) is 0 Å². The second kappa shape index (κ2) is 8.77. The van der Waals surface area contributed by atoms with Crippen molar-refractivity contribution >= 4 is 23.4 Å². The van der Waals surface area contributed by atoms with E-state index < -0.39 is 11.4 Å². The average molecular weight is 371 g/mol. The van der Waals surface area contributed by atoms with Crippen LogP contribution >= 0.6 is 11.8 Å². The molecular formula is C17H16F3NO3S. The monoisotopic (exact) mass is 371 g/mol. The van der Waals surface area contributed by atoms with Gasteiger partial charge in [-0.2, -0.15) is 13.2 Å².